The van der Waals surface area contributed by atoms with Crippen molar-refractivity contribution >= 4 is 40.2 Å². The quantitative estimate of drug-likeness (QED) is 0.817. The van der Waals surface area contributed by atoms with Crippen LogP contribution in [0.25, 0.3) is 0 Å². The Morgan fingerprint density at radius 3 is 2.82 bits per heavy atom. The maximum absolute atomic E-state index is 11.9. The van der Waals surface area contributed by atoms with E-state index >= 15 is 0 Å². The van der Waals surface area contributed by atoms with E-state index in [0.29, 0.717) is 21.3 Å². The molecule has 3 nitrogen and oxygen atoms in total. The predicted molar refractivity (Wildman–Crippen MR) is 72.9 cm³/mol. The van der Waals surface area contributed by atoms with E-state index < -0.39 is 0 Å². The maximum Gasteiger partial charge on any atom is 0.267 e. The van der Waals surface area contributed by atoms with Crippen molar-refractivity contribution in [3.8, 4) is 0 Å². The van der Waals surface area contributed by atoms with Gasteiger partial charge in [0.25, 0.3) is 5.91 Å². The largest absolute Gasteiger partial charge is 0.398 e. The van der Waals surface area contributed by atoms with Gasteiger partial charge in [-0.05, 0) is 36.1 Å². The predicted octanol–water partition coefficient (Wildman–Crippen LogP) is 3.54. The first-order valence-electron chi connectivity index (χ1n) is 4.99. The molecule has 0 atom stereocenters. The monoisotopic (exact) mass is 266 g/mol. The maximum atomic E-state index is 11.9. The van der Waals surface area contributed by atoms with Gasteiger partial charge < -0.3 is 11.1 Å². The molecule has 1 aromatic heterocycles. The van der Waals surface area contributed by atoms with Crippen molar-refractivity contribution in [2.75, 3.05) is 11.1 Å². The molecule has 1 heterocycles. The van der Waals surface area contributed by atoms with Gasteiger partial charge in [-0.15, -0.1) is 11.3 Å². The molecular formula is C12H11ClN2OS. The van der Waals surface area contributed by atoms with E-state index in [1.165, 1.54) is 11.3 Å². The van der Waals surface area contributed by atoms with Gasteiger partial charge in [0.2, 0.25) is 0 Å². The summed E-state index contributed by atoms with van der Waals surface area (Å²) in [5, 5.41) is 5.05. The van der Waals surface area contributed by atoms with E-state index in [9.17, 15) is 4.79 Å². The molecule has 3 N–H and O–H groups in total. The fourth-order valence-electron chi connectivity index (χ4n) is 1.42. The summed E-state index contributed by atoms with van der Waals surface area (Å²) in [5.41, 5.74) is 7.99. The first-order valence-corrected chi connectivity index (χ1v) is 6.25. The molecule has 0 fully saturated rings. The summed E-state index contributed by atoms with van der Waals surface area (Å²) in [4.78, 5) is 12.4. The lowest BCUT2D eigenvalue weighted by molar-refractivity contribution is 0.103. The first-order chi connectivity index (χ1) is 8.09. The number of nitrogens with two attached hydrogens (primary N) is 1. The summed E-state index contributed by atoms with van der Waals surface area (Å²) in [6.07, 6.45) is 0. The number of carbonyl (C=O) groups is 1. The molecule has 0 unspecified atom stereocenters. The molecule has 0 aliphatic heterocycles. The van der Waals surface area contributed by atoms with Crippen LogP contribution < -0.4 is 11.1 Å². The summed E-state index contributed by atoms with van der Waals surface area (Å²) in [5.74, 6) is -0.210. The van der Waals surface area contributed by atoms with E-state index in [4.69, 9.17) is 17.3 Å². The molecule has 0 aliphatic carbocycles. The Kier molecular flexibility index (Phi) is 3.36. The Morgan fingerprint density at radius 2 is 2.18 bits per heavy atom. The van der Waals surface area contributed by atoms with Gasteiger partial charge in [0.15, 0.2) is 0 Å². The fraction of sp³-hybridized carbons (Fsp3) is 0.0833. The highest BCUT2D eigenvalue weighted by Gasteiger charge is 2.13. The number of rotatable bonds is 2. The molecule has 1 aromatic carbocycles. The van der Waals surface area contributed by atoms with Crippen molar-refractivity contribution < 1.29 is 4.79 Å². The fourth-order valence-corrected chi connectivity index (χ4v) is 2.46. The van der Waals surface area contributed by atoms with Crippen LogP contribution in [0.4, 0.5) is 11.4 Å². The standard InChI is InChI=1S/C12H11ClN2OS/c1-7-9(14)3-2-4-10(7)15-12(16)11-8(13)5-6-17-11/h2-6H,14H2,1H3,(H,15,16). The highest BCUT2D eigenvalue weighted by molar-refractivity contribution is 7.12. The molecule has 88 valence electrons. The van der Waals surface area contributed by atoms with Crippen LogP contribution in [0, 0.1) is 6.92 Å². The number of halogens is 1. The molecule has 0 radical (unpaired) electrons. The van der Waals surface area contributed by atoms with Crippen LogP contribution in [-0.2, 0) is 0 Å². The molecule has 0 saturated heterocycles. The van der Waals surface area contributed by atoms with Gasteiger partial charge in [-0.3, -0.25) is 4.79 Å². The topological polar surface area (TPSA) is 55.1 Å². The lowest BCUT2D eigenvalue weighted by Gasteiger charge is -2.09. The van der Waals surface area contributed by atoms with Crippen LogP contribution >= 0.6 is 22.9 Å². The summed E-state index contributed by atoms with van der Waals surface area (Å²) < 4.78 is 0. The van der Waals surface area contributed by atoms with Crippen LogP contribution in [0.5, 0.6) is 0 Å². The molecule has 1 amide bonds. The van der Waals surface area contributed by atoms with E-state index in [-0.39, 0.29) is 5.91 Å². The second-order valence-corrected chi connectivity index (χ2v) is 4.89. The molecule has 0 saturated carbocycles. The molecule has 5 heteroatoms. The van der Waals surface area contributed by atoms with Gasteiger partial charge in [0.1, 0.15) is 4.88 Å². The third kappa shape index (κ3) is 2.43. The molecule has 2 aromatic rings. The zero-order valence-corrected chi connectivity index (χ0v) is 10.7. The van der Waals surface area contributed by atoms with Gasteiger partial charge in [-0.1, -0.05) is 17.7 Å². The van der Waals surface area contributed by atoms with Gasteiger partial charge in [-0.2, -0.15) is 0 Å². The smallest absolute Gasteiger partial charge is 0.267 e. The van der Waals surface area contributed by atoms with E-state index in [2.05, 4.69) is 5.32 Å². The van der Waals surface area contributed by atoms with Crippen molar-refractivity contribution in [1.29, 1.82) is 0 Å². The normalized spacial score (nSPS) is 10.2. The average Bonchev–Trinajstić information content (AvgIpc) is 2.71. The number of nitrogens with one attached hydrogen (secondary N) is 1. The number of hydrogen-bond acceptors (Lipinski definition) is 3. The minimum Gasteiger partial charge on any atom is -0.398 e. The molecule has 17 heavy (non-hydrogen) atoms. The molecule has 0 aliphatic rings. The summed E-state index contributed by atoms with van der Waals surface area (Å²) in [7, 11) is 0. The Bertz CT molecular complexity index is 565. The van der Waals surface area contributed by atoms with Crippen LogP contribution in [-0.4, -0.2) is 5.91 Å². The van der Waals surface area contributed by atoms with E-state index in [1.54, 1.807) is 23.6 Å². The summed E-state index contributed by atoms with van der Waals surface area (Å²) in [6.45, 7) is 1.86. The number of benzene rings is 1. The number of anilines is 2. The molecule has 0 bridgehead atoms. The minimum atomic E-state index is -0.210. The number of hydrogen-bond donors (Lipinski definition) is 2. The van der Waals surface area contributed by atoms with Crippen molar-refractivity contribution in [2.45, 2.75) is 6.92 Å². The van der Waals surface area contributed by atoms with Gasteiger partial charge in [-0.25, -0.2) is 0 Å². The van der Waals surface area contributed by atoms with Gasteiger partial charge in [0, 0.05) is 11.4 Å². The third-order valence-corrected chi connectivity index (χ3v) is 3.79. The number of thiophene rings is 1. The second kappa shape index (κ2) is 4.77. The molecule has 2 rings (SSSR count). The van der Waals surface area contributed by atoms with Crippen molar-refractivity contribution in [3.05, 3.63) is 45.1 Å². The average molecular weight is 267 g/mol. The van der Waals surface area contributed by atoms with E-state index in [1.807, 2.05) is 13.0 Å². The van der Waals surface area contributed by atoms with Crippen LogP contribution in [0.15, 0.2) is 29.6 Å². The Labute approximate surface area is 108 Å². The van der Waals surface area contributed by atoms with Crippen molar-refractivity contribution in [3.63, 3.8) is 0 Å². The number of carbonyl (C=O) groups excluding carboxylic acids is 1. The zero-order valence-electron chi connectivity index (χ0n) is 9.16. The van der Waals surface area contributed by atoms with Crippen molar-refractivity contribution in [1.82, 2.24) is 0 Å². The van der Waals surface area contributed by atoms with E-state index in [0.717, 1.165) is 5.56 Å². The van der Waals surface area contributed by atoms with Gasteiger partial charge in [0.05, 0.1) is 5.02 Å². The summed E-state index contributed by atoms with van der Waals surface area (Å²) in [6, 6.07) is 7.11. The Morgan fingerprint density at radius 1 is 1.41 bits per heavy atom. The van der Waals surface area contributed by atoms with Crippen LogP contribution in [0.3, 0.4) is 0 Å². The lowest BCUT2D eigenvalue weighted by atomic mass is 10.1. The highest BCUT2D eigenvalue weighted by Crippen LogP contribution is 2.25. The number of amides is 1. The Hall–Kier alpha value is -1.52. The highest BCUT2D eigenvalue weighted by atomic mass is 35.5. The lowest BCUT2D eigenvalue weighted by Crippen LogP contribution is -2.12. The number of nitrogen functional groups attached to an aromatic ring is 1. The first kappa shape index (κ1) is 12.0. The van der Waals surface area contributed by atoms with Gasteiger partial charge >= 0.3 is 0 Å². The molecular weight excluding hydrogens is 256 g/mol. The third-order valence-electron chi connectivity index (χ3n) is 2.45. The van der Waals surface area contributed by atoms with Crippen LogP contribution in [0.1, 0.15) is 15.2 Å². The second-order valence-electron chi connectivity index (χ2n) is 3.57. The van der Waals surface area contributed by atoms with Crippen molar-refractivity contribution in [2.24, 2.45) is 0 Å². The summed E-state index contributed by atoms with van der Waals surface area (Å²) >= 11 is 7.21. The SMILES string of the molecule is Cc1c(N)cccc1NC(=O)c1sccc1Cl. The Balaban J connectivity index is 2.25. The zero-order chi connectivity index (χ0) is 12.4. The minimum absolute atomic E-state index is 0.210. The molecule has 0 spiro atoms. The van der Waals surface area contributed by atoms with Crippen LogP contribution in [0.2, 0.25) is 5.02 Å².